The van der Waals surface area contributed by atoms with Gasteiger partial charge in [-0.05, 0) is 31.6 Å². The van der Waals surface area contributed by atoms with Crippen molar-refractivity contribution in [3.63, 3.8) is 0 Å². The zero-order chi connectivity index (χ0) is 17.4. The van der Waals surface area contributed by atoms with Gasteiger partial charge in [-0.3, -0.25) is 19.8 Å². The Hall–Kier alpha value is -2.12. The lowest BCUT2D eigenvalue weighted by Crippen LogP contribution is -2.39. The number of nitrogens with zero attached hydrogens (tertiary/aromatic N) is 4. The number of guanidine groups is 1. The van der Waals surface area contributed by atoms with Crippen LogP contribution in [0.3, 0.4) is 0 Å². The van der Waals surface area contributed by atoms with Crippen molar-refractivity contribution in [1.82, 2.24) is 20.4 Å². The van der Waals surface area contributed by atoms with E-state index in [4.69, 9.17) is 4.99 Å². The first-order valence-corrected chi connectivity index (χ1v) is 8.77. The van der Waals surface area contributed by atoms with Gasteiger partial charge in [0.25, 0.3) is 0 Å². The molecule has 1 aromatic rings. The Morgan fingerprint density at radius 2 is 2.17 bits per heavy atom. The molecule has 1 aliphatic carbocycles. The molecule has 8 nitrogen and oxygen atoms in total. The van der Waals surface area contributed by atoms with Gasteiger partial charge in [-0.1, -0.05) is 19.8 Å². The molecule has 0 amide bonds. The highest BCUT2D eigenvalue weighted by Crippen LogP contribution is 2.41. The molecule has 2 rings (SSSR count). The molecular formula is C16H28N6O2. The van der Waals surface area contributed by atoms with E-state index in [0.29, 0.717) is 18.5 Å². The molecule has 1 aliphatic rings. The van der Waals surface area contributed by atoms with Crippen LogP contribution < -0.4 is 10.6 Å². The predicted octanol–water partition coefficient (Wildman–Crippen LogP) is 2.32. The summed E-state index contributed by atoms with van der Waals surface area (Å²) in [5.74, 6) is 0.805. The highest BCUT2D eigenvalue weighted by atomic mass is 16.6. The first-order chi connectivity index (χ1) is 11.6. The molecular weight excluding hydrogens is 308 g/mol. The highest BCUT2D eigenvalue weighted by Gasteiger charge is 2.31. The summed E-state index contributed by atoms with van der Waals surface area (Å²) >= 11 is 0. The van der Waals surface area contributed by atoms with Gasteiger partial charge < -0.3 is 10.6 Å². The normalized spacial score (nSPS) is 17.0. The Labute approximate surface area is 142 Å². The summed E-state index contributed by atoms with van der Waals surface area (Å²) in [5.41, 5.74) is 0.381. The van der Waals surface area contributed by atoms with E-state index < -0.39 is 4.92 Å². The van der Waals surface area contributed by atoms with Gasteiger partial charge in [-0.2, -0.15) is 5.10 Å². The standard InChI is InChI=1S/C16H28N6O2/c1-3-16(7-5-6-8-16)13-19-15(17-4-2)18-9-10-21-12-14(11-20-21)22(23)24/h11-12H,3-10,13H2,1-2H3,(H2,17,18,19). The van der Waals surface area contributed by atoms with E-state index in [1.807, 2.05) is 6.92 Å². The Morgan fingerprint density at radius 1 is 1.42 bits per heavy atom. The molecule has 24 heavy (non-hydrogen) atoms. The van der Waals surface area contributed by atoms with Gasteiger partial charge in [-0.15, -0.1) is 0 Å². The van der Waals surface area contributed by atoms with Crippen LogP contribution >= 0.6 is 0 Å². The maximum atomic E-state index is 10.7. The molecule has 1 heterocycles. The van der Waals surface area contributed by atoms with Gasteiger partial charge in [0.05, 0.1) is 11.5 Å². The quantitative estimate of drug-likeness (QED) is 0.329. The van der Waals surface area contributed by atoms with Crippen LogP contribution in [0, 0.1) is 15.5 Å². The molecule has 0 unspecified atom stereocenters. The van der Waals surface area contributed by atoms with Crippen LogP contribution in [-0.4, -0.2) is 40.3 Å². The predicted molar refractivity (Wildman–Crippen MR) is 94.1 cm³/mol. The van der Waals surface area contributed by atoms with Crippen LogP contribution in [0.1, 0.15) is 46.0 Å². The third-order valence-corrected chi connectivity index (χ3v) is 4.79. The van der Waals surface area contributed by atoms with Gasteiger partial charge >= 0.3 is 5.69 Å². The third kappa shape index (κ3) is 4.94. The molecule has 134 valence electrons. The molecule has 0 bridgehead atoms. The Kier molecular flexibility index (Phi) is 6.57. The molecule has 1 fully saturated rings. The third-order valence-electron chi connectivity index (χ3n) is 4.79. The first-order valence-electron chi connectivity index (χ1n) is 8.77. The molecule has 1 saturated carbocycles. The van der Waals surface area contributed by atoms with E-state index in [0.717, 1.165) is 19.0 Å². The second kappa shape index (κ2) is 8.65. The van der Waals surface area contributed by atoms with Gasteiger partial charge in [-0.25, -0.2) is 0 Å². The molecule has 0 aliphatic heterocycles. The Bertz CT molecular complexity index is 563. The zero-order valence-corrected chi connectivity index (χ0v) is 14.6. The van der Waals surface area contributed by atoms with E-state index in [9.17, 15) is 10.1 Å². The number of aromatic nitrogens is 2. The fraction of sp³-hybridized carbons (Fsp3) is 0.750. The summed E-state index contributed by atoms with van der Waals surface area (Å²) in [6, 6.07) is 0. The summed E-state index contributed by atoms with van der Waals surface area (Å²) in [6.07, 6.45) is 9.04. The van der Waals surface area contributed by atoms with Crippen molar-refractivity contribution in [3.05, 3.63) is 22.5 Å². The van der Waals surface area contributed by atoms with Crippen LogP contribution in [0.4, 0.5) is 5.69 Å². The average molecular weight is 336 g/mol. The van der Waals surface area contributed by atoms with Crippen LogP contribution in [0.25, 0.3) is 0 Å². The molecule has 8 heteroatoms. The highest BCUT2D eigenvalue weighted by molar-refractivity contribution is 5.79. The number of nitro groups is 1. The summed E-state index contributed by atoms with van der Waals surface area (Å²) in [4.78, 5) is 15.0. The number of hydrogen-bond acceptors (Lipinski definition) is 4. The number of rotatable bonds is 8. The van der Waals surface area contributed by atoms with Crippen LogP contribution in [0.2, 0.25) is 0 Å². The molecule has 0 aromatic carbocycles. The van der Waals surface area contributed by atoms with Crippen LogP contribution in [0.5, 0.6) is 0 Å². The minimum absolute atomic E-state index is 0.0155. The van der Waals surface area contributed by atoms with Gasteiger partial charge in [0.15, 0.2) is 5.96 Å². The molecule has 2 N–H and O–H groups in total. The number of aliphatic imine (C=N–C) groups is 1. The lowest BCUT2D eigenvalue weighted by Gasteiger charge is -2.25. The van der Waals surface area contributed by atoms with Crippen molar-refractivity contribution in [2.75, 3.05) is 19.6 Å². The number of hydrogen-bond donors (Lipinski definition) is 2. The molecule has 0 spiro atoms. The maximum absolute atomic E-state index is 10.7. The van der Waals surface area contributed by atoms with Crippen molar-refractivity contribution in [3.8, 4) is 0 Å². The topological polar surface area (TPSA) is 97.4 Å². The van der Waals surface area contributed by atoms with E-state index in [2.05, 4.69) is 22.7 Å². The van der Waals surface area contributed by atoms with Crippen LogP contribution in [0.15, 0.2) is 17.4 Å². The fourth-order valence-electron chi connectivity index (χ4n) is 3.20. The summed E-state index contributed by atoms with van der Waals surface area (Å²) in [6.45, 7) is 7.12. The zero-order valence-electron chi connectivity index (χ0n) is 14.6. The molecule has 1 aromatic heterocycles. The van der Waals surface area contributed by atoms with Crippen molar-refractivity contribution < 1.29 is 4.92 Å². The smallest absolute Gasteiger partial charge is 0.306 e. The van der Waals surface area contributed by atoms with E-state index in [1.165, 1.54) is 44.5 Å². The Balaban J connectivity index is 1.85. The summed E-state index contributed by atoms with van der Waals surface area (Å²) < 4.78 is 1.57. The van der Waals surface area contributed by atoms with Crippen molar-refractivity contribution in [1.29, 1.82) is 0 Å². The first kappa shape index (κ1) is 18.2. The monoisotopic (exact) mass is 336 g/mol. The minimum Gasteiger partial charge on any atom is -0.357 e. The van der Waals surface area contributed by atoms with Crippen molar-refractivity contribution in [2.24, 2.45) is 10.4 Å². The van der Waals surface area contributed by atoms with Crippen molar-refractivity contribution in [2.45, 2.75) is 52.5 Å². The van der Waals surface area contributed by atoms with E-state index in [-0.39, 0.29) is 5.69 Å². The molecule has 0 radical (unpaired) electrons. The largest absolute Gasteiger partial charge is 0.357 e. The van der Waals surface area contributed by atoms with Gasteiger partial charge in [0, 0.05) is 19.6 Å². The number of nitrogens with one attached hydrogen (secondary N) is 2. The van der Waals surface area contributed by atoms with Crippen molar-refractivity contribution >= 4 is 11.6 Å². The second-order valence-electron chi connectivity index (χ2n) is 6.40. The summed E-state index contributed by atoms with van der Waals surface area (Å²) in [7, 11) is 0. The van der Waals surface area contributed by atoms with Crippen LogP contribution in [-0.2, 0) is 6.54 Å². The Morgan fingerprint density at radius 3 is 2.75 bits per heavy atom. The SMILES string of the molecule is CCNC(=NCC1(CC)CCCC1)NCCn1cc([N+](=O)[O-])cn1. The maximum Gasteiger partial charge on any atom is 0.306 e. The summed E-state index contributed by atoms with van der Waals surface area (Å²) in [5, 5.41) is 21.2. The second-order valence-corrected chi connectivity index (χ2v) is 6.40. The molecule has 0 atom stereocenters. The lowest BCUT2D eigenvalue weighted by molar-refractivity contribution is -0.385. The van der Waals surface area contributed by atoms with E-state index in [1.54, 1.807) is 4.68 Å². The molecule has 0 saturated heterocycles. The average Bonchev–Trinajstić information content (AvgIpc) is 3.23. The minimum atomic E-state index is -0.436. The van der Waals surface area contributed by atoms with E-state index >= 15 is 0 Å². The lowest BCUT2D eigenvalue weighted by atomic mass is 9.84. The fourth-order valence-corrected chi connectivity index (χ4v) is 3.20. The van der Waals surface area contributed by atoms with Gasteiger partial charge in [0.1, 0.15) is 12.4 Å². The van der Waals surface area contributed by atoms with Gasteiger partial charge in [0.2, 0.25) is 0 Å².